The first kappa shape index (κ1) is 14.9. The van der Waals surface area contributed by atoms with Crippen LogP contribution in [0.2, 0.25) is 0 Å². The fourth-order valence-electron chi connectivity index (χ4n) is 1.47. The lowest BCUT2D eigenvalue weighted by atomic mass is 10.2. The van der Waals surface area contributed by atoms with E-state index < -0.39 is 0 Å². The summed E-state index contributed by atoms with van der Waals surface area (Å²) in [5.41, 5.74) is 6.26. The first-order chi connectivity index (χ1) is 10.2. The van der Waals surface area contributed by atoms with Gasteiger partial charge in [0.25, 0.3) is 5.89 Å². The second kappa shape index (κ2) is 7.34. The van der Waals surface area contributed by atoms with Gasteiger partial charge in [0.1, 0.15) is 5.82 Å². The van der Waals surface area contributed by atoms with Gasteiger partial charge in [-0.15, -0.1) is 0 Å². The quantitative estimate of drug-likeness (QED) is 0.469. The maximum atomic E-state index is 12.8. The van der Waals surface area contributed by atoms with E-state index in [-0.39, 0.29) is 24.2 Å². The number of benzene rings is 1. The van der Waals surface area contributed by atoms with Gasteiger partial charge in [-0.3, -0.25) is 0 Å². The number of rotatable bonds is 7. The van der Waals surface area contributed by atoms with E-state index in [1.165, 1.54) is 24.3 Å². The predicted octanol–water partition coefficient (Wildman–Crippen LogP) is 1.23. The third-order valence-electron chi connectivity index (χ3n) is 2.53. The molecule has 2 aromatic rings. The van der Waals surface area contributed by atoms with Gasteiger partial charge < -0.3 is 19.8 Å². The molecular weight excluding hydrogens is 279 g/mol. The molecule has 7 nitrogen and oxygen atoms in total. The molecule has 112 valence electrons. The van der Waals surface area contributed by atoms with Crippen molar-refractivity contribution in [2.75, 3.05) is 13.7 Å². The molecule has 1 aromatic carbocycles. The van der Waals surface area contributed by atoms with Gasteiger partial charge >= 0.3 is 0 Å². The Balaban J connectivity index is 1.86. The van der Waals surface area contributed by atoms with Crippen LogP contribution < -0.4 is 5.73 Å². The Bertz CT molecular complexity index is 598. The van der Waals surface area contributed by atoms with Crippen LogP contribution >= 0.6 is 0 Å². The van der Waals surface area contributed by atoms with E-state index >= 15 is 0 Å². The Labute approximate surface area is 120 Å². The maximum Gasteiger partial charge on any atom is 0.267 e. The fourth-order valence-corrected chi connectivity index (χ4v) is 1.47. The van der Waals surface area contributed by atoms with Crippen molar-refractivity contribution in [2.45, 2.75) is 13.0 Å². The molecule has 2 rings (SSSR count). The molecule has 0 saturated carbocycles. The van der Waals surface area contributed by atoms with E-state index in [1.54, 1.807) is 7.11 Å². The van der Waals surface area contributed by atoms with Crippen LogP contribution in [0.4, 0.5) is 4.39 Å². The lowest BCUT2D eigenvalue weighted by Crippen LogP contribution is -2.13. The number of hydrogen-bond donors (Lipinski definition) is 1. The van der Waals surface area contributed by atoms with Gasteiger partial charge in [-0.25, -0.2) is 4.39 Å². The molecule has 0 bridgehead atoms. The van der Waals surface area contributed by atoms with Crippen LogP contribution in [0.25, 0.3) is 0 Å². The number of amidine groups is 1. The van der Waals surface area contributed by atoms with Crippen molar-refractivity contribution < 1.29 is 18.5 Å². The molecule has 1 heterocycles. The molecule has 0 unspecified atom stereocenters. The van der Waals surface area contributed by atoms with Gasteiger partial charge in [-0.1, -0.05) is 10.3 Å². The molecule has 0 amide bonds. The Morgan fingerprint density at radius 3 is 2.86 bits per heavy atom. The standard InChI is InChI=1S/C13H15FN4O3/c1-19-7-6-11-16-12(21-17-11)8-20-18-13(15)9-2-4-10(14)5-3-9/h2-5H,6-8H2,1H3,(H2,15,18). The van der Waals surface area contributed by atoms with Gasteiger partial charge in [0, 0.05) is 19.1 Å². The van der Waals surface area contributed by atoms with E-state index in [0.29, 0.717) is 24.4 Å². The van der Waals surface area contributed by atoms with Crippen molar-refractivity contribution in [3.8, 4) is 0 Å². The molecule has 0 fully saturated rings. The average Bonchev–Trinajstić information content (AvgIpc) is 2.93. The summed E-state index contributed by atoms with van der Waals surface area (Å²) in [6.07, 6.45) is 0.557. The number of nitrogens with zero attached hydrogens (tertiary/aromatic N) is 3. The van der Waals surface area contributed by atoms with Crippen LogP contribution in [-0.4, -0.2) is 29.7 Å². The normalized spacial score (nSPS) is 11.6. The van der Waals surface area contributed by atoms with Crippen LogP contribution in [0.5, 0.6) is 0 Å². The highest BCUT2D eigenvalue weighted by Crippen LogP contribution is 2.04. The highest BCUT2D eigenvalue weighted by atomic mass is 19.1. The lowest BCUT2D eigenvalue weighted by molar-refractivity contribution is 0.105. The second-order valence-corrected chi connectivity index (χ2v) is 4.10. The molecule has 21 heavy (non-hydrogen) atoms. The van der Waals surface area contributed by atoms with Crippen molar-refractivity contribution in [3.63, 3.8) is 0 Å². The van der Waals surface area contributed by atoms with Gasteiger partial charge in [-0.2, -0.15) is 4.98 Å². The van der Waals surface area contributed by atoms with Crippen LogP contribution in [-0.2, 0) is 22.6 Å². The summed E-state index contributed by atoms with van der Waals surface area (Å²) in [4.78, 5) is 9.11. The highest BCUT2D eigenvalue weighted by Gasteiger charge is 2.06. The molecule has 0 aliphatic heterocycles. The number of hydrogen-bond acceptors (Lipinski definition) is 6. The monoisotopic (exact) mass is 294 g/mol. The van der Waals surface area contributed by atoms with Crippen LogP contribution in [0.3, 0.4) is 0 Å². The maximum absolute atomic E-state index is 12.8. The summed E-state index contributed by atoms with van der Waals surface area (Å²) in [6.45, 7) is 0.511. The summed E-state index contributed by atoms with van der Waals surface area (Å²) >= 11 is 0. The number of aromatic nitrogens is 2. The van der Waals surface area contributed by atoms with E-state index in [2.05, 4.69) is 15.3 Å². The fraction of sp³-hybridized carbons (Fsp3) is 0.308. The van der Waals surface area contributed by atoms with Gasteiger partial charge in [0.15, 0.2) is 18.3 Å². The zero-order chi connectivity index (χ0) is 15.1. The summed E-state index contributed by atoms with van der Waals surface area (Å²) in [5.74, 6) is 0.610. The molecule has 0 atom stereocenters. The molecule has 8 heteroatoms. The van der Waals surface area contributed by atoms with Crippen molar-refractivity contribution in [3.05, 3.63) is 47.4 Å². The average molecular weight is 294 g/mol. The van der Waals surface area contributed by atoms with Crippen LogP contribution in [0.15, 0.2) is 33.9 Å². The third-order valence-corrected chi connectivity index (χ3v) is 2.53. The second-order valence-electron chi connectivity index (χ2n) is 4.10. The van der Waals surface area contributed by atoms with Gasteiger partial charge in [0.05, 0.1) is 6.61 Å². The summed E-state index contributed by atoms with van der Waals surface area (Å²) in [7, 11) is 1.59. The third kappa shape index (κ3) is 4.53. The SMILES string of the molecule is COCCc1noc(CON=C(N)c2ccc(F)cc2)n1. The number of halogens is 1. The minimum atomic E-state index is -0.345. The number of oxime groups is 1. The molecule has 0 spiro atoms. The molecule has 0 aliphatic rings. The van der Waals surface area contributed by atoms with Gasteiger partial charge in [0.2, 0.25) is 0 Å². The van der Waals surface area contributed by atoms with Crippen molar-refractivity contribution in [2.24, 2.45) is 10.9 Å². The number of nitrogens with two attached hydrogens (primary N) is 1. The van der Waals surface area contributed by atoms with Crippen LogP contribution in [0.1, 0.15) is 17.3 Å². The zero-order valence-corrected chi connectivity index (χ0v) is 11.5. The summed E-state index contributed by atoms with van der Waals surface area (Å²) < 4.78 is 22.6. The lowest BCUT2D eigenvalue weighted by Gasteiger charge is -2.00. The van der Waals surface area contributed by atoms with E-state index in [9.17, 15) is 4.39 Å². The molecule has 1 aromatic heterocycles. The van der Waals surface area contributed by atoms with E-state index in [0.717, 1.165) is 0 Å². The van der Waals surface area contributed by atoms with Crippen molar-refractivity contribution in [1.29, 1.82) is 0 Å². The topological polar surface area (TPSA) is 95.8 Å². The molecular formula is C13H15FN4O3. The molecule has 2 N–H and O–H groups in total. The molecule has 0 aliphatic carbocycles. The smallest absolute Gasteiger partial charge is 0.267 e. The number of ether oxygens (including phenoxy) is 1. The van der Waals surface area contributed by atoms with Crippen molar-refractivity contribution >= 4 is 5.84 Å². The minimum absolute atomic E-state index is 0.00186. The molecule has 0 saturated heterocycles. The van der Waals surface area contributed by atoms with E-state index in [1.807, 2.05) is 0 Å². The Hall–Kier alpha value is -2.48. The van der Waals surface area contributed by atoms with Crippen molar-refractivity contribution in [1.82, 2.24) is 10.1 Å². The van der Waals surface area contributed by atoms with Crippen LogP contribution in [0, 0.1) is 5.82 Å². The highest BCUT2D eigenvalue weighted by molar-refractivity contribution is 5.96. The largest absolute Gasteiger partial charge is 0.384 e. The zero-order valence-electron chi connectivity index (χ0n) is 11.5. The summed E-state index contributed by atoms with van der Waals surface area (Å²) in [6, 6.07) is 5.59. The Morgan fingerprint density at radius 1 is 1.38 bits per heavy atom. The minimum Gasteiger partial charge on any atom is -0.384 e. The number of methoxy groups -OCH3 is 1. The van der Waals surface area contributed by atoms with E-state index in [4.69, 9.17) is 19.8 Å². The Morgan fingerprint density at radius 2 is 2.14 bits per heavy atom. The Kier molecular flexibility index (Phi) is 5.22. The first-order valence-electron chi connectivity index (χ1n) is 6.21. The molecule has 0 radical (unpaired) electrons. The summed E-state index contributed by atoms with van der Waals surface area (Å²) in [5, 5.41) is 7.46. The van der Waals surface area contributed by atoms with Gasteiger partial charge in [-0.05, 0) is 24.3 Å². The predicted molar refractivity (Wildman–Crippen MR) is 71.8 cm³/mol. The first-order valence-corrected chi connectivity index (χ1v) is 6.21.